The van der Waals surface area contributed by atoms with Crippen molar-refractivity contribution in [2.24, 2.45) is 0 Å². The lowest BCUT2D eigenvalue weighted by Crippen LogP contribution is -2.25. The van der Waals surface area contributed by atoms with Crippen LogP contribution >= 0.6 is 0 Å². The van der Waals surface area contributed by atoms with Gasteiger partial charge in [0.25, 0.3) is 0 Å². The molecule has 3 heterocycles. The maximum atomic E-state index is 9.38. The van der Waals surface area contributed by atoms with Crippen LogP contribution in [-0.2, 0) is 16.2 Å². The molecule has 10 aromatic rings. The minimum absolute atomic E-state index is 0.125. The predicted molar refractivity (Wildman–Crippen MR) is 300 cm³/mol. The van der Waals surface area contributed by atoms with Crippen LogP contribution in [0.3, 0.4) is 0 Å². The number of rotatable bonds is 8. The van der Waals surface area contributed by atoms with Crippen molar-refractivity contribution in [2.75, 3.05) is 16.5 Å². The molecule has 5 nitrogen and oxygen atoms in total. The van der Waals surface area contributed by atoms with Crippen molar-refractivity contribution in [2.45, 2.75) is 78.6 Å². The molecule has 0 saturated heterocycles. The van der Waals surface area contributed by atoms with E-state index in [1.165, 1.54) is 0 Å². The Hall–Kier alpha value is -7.89. The molecule has 0 N–H and O–H groups in total. The monoisotopic (exact) mass is 937 g/mol. The van der Waals surface area contributed by atoms with Crippen LogP contribution in [0.1, 0.15) is 92.7 Å². The number of hydrogen-bond donors (Lipinski definition) is 0. The molecule has 5 heteroatoms. The number of fused-ring (bicyclic) bond motifs is 4. The van der Waals surface area contributed by atoms with Gasteiger partial charge in [0, 0.05) is 45.9 Å². The minimum atomic E-state index is -0.450. The maximum absolute atomic E-state index is 9.38. The summed E-state index contributed by atoms with van der Waals surface area (Å²) in [6.07, 6.45) is 1.81. The number of para-hydroxylation sites is 2. The van der Waals surface area contributed by atoms with Gasteiger partial charge >= 0.3 is 0 Å². The molecular formula is C66H62N4O. The van der Waals surface area contributed by atoms with Crippen LogP contribution in [0.4, 0.5) is 22.7 Å². The van der Waals surface area contributed by atoms with Crippen LogP contribution in [-0.4, -0.2) is 16.2 Å². The molecule has 0 fully saturated rings. The van der Waals surface area contributed by atoms with Crippen LogP contribution in [0.15, 0.2) is 200 Å². The zero-order valence-corrected chi connectivity index (χ0v) is 41.7. The van der Waals surface area contributed by atoms with E-state index in [-0.39, 0.29) is 51.5 Å². The summed E-state index contributed by atoms with van der Waals surface area (Å²) in [7, 11) is 0. The molecule has 2 aromatic heterocycles. The molecule has 1 aliphatic rings. The normalized spacial score (nSPS) is 15.0. The Balaban J connectivity index is 1.04. The van der Waals surface area contributed by atoms with E-state index in [0.29, 0.717) is 40.8 Å². The second-order valence-electron chi connectivity index (χ2n) is 21.5. The van der Waals surface area contributed by atoms with Gasteiger partial charge in [0.05, 0.1) is 41.8 Å². The van der Waals surface area contributed by atoms with E-state index in [1.807, 2.05) is 78.9 Å². The van der Waals surface area contributed by atoms with E-state index >= 15 is 0 Å². The SMILES string of the molecule is [2H]c1c([2H])c([2H])c(-c2ccc3c(c2)c2ccc(Oc4cccc(N5CN(c6c(-c7cccc(C(C)(C)C)c7)cc(C(C)(C)C)cc6-c6c([2H])c([2H])c([2H])c([2H])c6[2H])c6ccccc65)c4)cc2n3-c2cc(C(C)(C)C)ccn2)c([2H])c1[2H]. The number of nitrogens with zero attached hydrogens (tertiary/aromatic N) is 4. The predicted octanol–water partition coefficient (Wildman–Crippen LogP) is 18.1. The number of aromatic nitrogens is 2. The van der Waals surface area contributed by atoms with Crippen LogP contribution in [0.5, 0.6) is 11.5 Å². The largest absolute Gasteiger partial charge is 0.457 e. The van der Waals surface area contributed by atoms with Crippen LogP contribution in [0, 0.1) is 0 Å². The van der Waals surface area contributed by atoms with Gasteiger partial charge in [-0.25, -0.2) is 4.98 Å². The quantitative estimate of drug-likeness (QED) is 0.152. The van der Waals surface area contributed by atoms with Gasteiger partial charge in [-0.05, 0) is 128 Å². The number of pyridine rings is 1. The van der Waals surface area contributed by atoms with Crippen molar-refractivity contribution in [3.05, 3.63) is 217 Å². The van der Waals surface area contributed by atoms with Gasteiger partial charge in [-0.1, -0.05) is 171 Å². The van der Waals surface area contributed by atoms with Gasteiger partial charge in [0.2, 0.25) is 0 Å². The van der Waals surface area contributed by atoms with Crippen molar-refractivity contribution < 1.29 is 18.4 Å². The van der Waals surface area contributed by atoms with Gasteiger partial charge < -0.3 is 14.5 Å². The molecule has 352 valence electrons. The summed E-state index contributed by atoms with van der Waals surface area (Å²) in [5, 5.41) is 1.65. The fourth-order valence-corrected chi connectivity index (χ4v) is 9.65. The lowest BCUT2D eigenvalue weighted by atomic mass is 9.81. The minimum Gasteiger partial charge on any atom is -0.457 e. The van der Waals surface area contributed by atoms with E-state index in [4.69, 9.17) is 20.7 Å². The molecule has 0 unspecified atom stereocenters. The zero-order chi connectivity index (χ0) is 57.9. The van der Waals surface area contributed by atoms with E-state index in [0.717, 1.165) is 66.7 Å². The Morgan fingerprint density at radius 1 is 0.465 bits per heavy atom. The van der Waals surface area contributed by atoms with E-state index in [2.05, 4.69) is 125 Å². The van der Waals surface area contributed by atoms with Crippen molar-refractivity contribution in [3.63, 3.8) is 0 Å². The molecule has 1 aliphatic heterocycles. The lowest BCUT2D eigenvalue weighted by molar-refractivity contribution is 0.483. The molecule has 0 saturated carbocycles. The highest BCUT2D eigenvalue weighted by Gasteiger charge is 2.33. The van der Waals surface area contributed by atoms with Gasteiger partial charge in [-0.2, -0.15) is 0 Å². The summed E-state index contributed by atoms with van der Waals surface area (Å²) in [5.74, 6) is 1.80. The number of benzene rings is 8. The van der Waals surface area contributed by atoms with Crippen molar-refractivity contribution in [1.82, 2.24) is 9.55 Å². The average molecular weight is 937 g/mol. The first kappa shape index (κ1) is 35.2. The topological polar surface area (TPSA) is 33.5 Å². The molecule has 71 heavy (non-hydrogen) atoms. The smallest absolute Gasteiger partial charge is 0.137 e. The number of anilines is 4. The molecule has 8 aromatic carbocycles. The molecular weight excluding hydrogens is 865 g/mol. The van der Waals surface area contributed by atoms with Crippen LogP contribution in [0.2, 0.25) is 0 Å². The summed E-state index contributed by atoms with van der Waals surface area (Å²) in [5.41, 5.74) is 10.4. The van der Waals surface area contributed by atoms with Gasteiger partial charge in [-0.15, -0.1) is 0 Å². The summed E-state index contributed by atoms with van der Waals surface area (Å²) in [6, 6.07) is 40.6. The van der Waals surface area contributed by atoms with Gasteiger partial charge in [0.15, 0.2) is 0 Å². The molecule has 0 bridgehead atoms. The number of ether oxygens (including phenoxy) is 1. The van der Waals surface area contributed by atoms with E-state index in [9.17, 15) is 2.74 Å². The van der Waals surface area contributed by atoms with Crippen molar-refractivity contribution in [3.8, 4) is 50.7 Å². The summed E-state index contributed by atoms with van der Waals surface area (Å²) >= 11 is 0. The first-order valence-electron chi connectivity index (χ1n) is 29.1. The number of hydrogen-bond acceptors (Lipinski definition) is 4. The second kappa shape index (κ2) is 17.5. The summed E-state index contributed by atoms with van der Waals surface area (Å²) < 4.78 is 96.5. The molecule has 0 amide bonds. The first-order valence-corrected chi connectivity index (χ1v) is 24.1. The zero-order valence-electron chi connectivity index (χ0n) is 51.7. The highest BCUT2D eigenvalue weighted by molar-refractivity contribution is 6.11. The molecule has 11 rings (SSSR count). The Kier molecular flexibility index (Phi) is 8.69. The first-order chi connectivity index (χ1) is 38.2. The van der Waals surface area contributed by atoms with Crippen LogP contribution < -0.4 is 14.5 Å². The van der Waals surface area contributed by atoms with E-state index < -0.39 is 36.3 Å². The maximum Gasteiger partial charge on any atom is 0.137 e. The third kappa shape index (κ3) is 8.65. The molecule has 0 aliphatic carbocycles. The highest BCUT2D eigenvalue weighted by atomic mass is 16.5. The van der Waals surface area contributed by atoms with Crippen molar-refractivity contribution >= 4 is 44.6 Å². The Morgan fingerprint density at radius 3 is 1.80 bits per heavy atom. The Bertz CT molecular complexity index is 4170. The standard InChI is InChI=1S/C66H62N4O/c1-64(2,3)48-25-18-24-47(36-48)56-39-50(66(7,8)9)38-55(45-22-14-11-15-23-45)63(56)69-43-68(59-28-16-17-29-60(59)69)51-26-19-27-52(41-51)71-53-31-32-54-57-37-46(44-20-12-10-13-21-44)30-33-58(57)70(61(54)42-53)62-40-49(34-35-67-62)65(4,5)6/h10-42H,43H2,1-9H3/i10D,11D,12D,13D,14D,15D,20D,21D,22D,23D. The van der Waals surface area contributed by atoms with Gasteiger partial charge in [0.1, 0.15) is 24.0 Å². The molecule has 0 radical (unpaired) electrons. The fraction of sp³-hybridized carbons (Fsp3) is 0.197. The highest BCUT2D eigenvalue weighted by Crippen LogP contribution is 2.52. The second-order valence-corrected chi connectivity index (χ2v) is 21.5. The Labute approximate surface area is 433 Å². The lowest BCUT2D eigenvalue weighted by Gasteiger charge is -2.30. The third-order valence-electron chi connectivity index (χ3n) is 13.5. The average Bonchev–Trinajstić information content (AvgIpc) is 3.89. The molecule has 0 atom stereocenters. The van der Waals surface area contributed by atoms with E-state index in [1.54, 1.807) is 12.3 Å². The van der Waals surface area contributed by atoms with Crippen molar-refractivity contribution in [1.29, 1.82) is 0 Å². The van der Waals surface area contributed by atoms with Gasteiger partial charge in [-0.3, -0.25) is 4.57 Å². The summed E-state index contributed by atoms with van der Waals surface area (Å²) in [4.78, 5) is 9.28. The summed E-state index contributed by atoms with van der Waals surface area (Å²) in [6.45, 7) is 19.7. The third-order valence-corrected chi connectivity index (χ3v) is 13.5. The van der Waals surface area contributed by atoms with Crippen LogP contribution in [0.25, 0.3) is 61.0 Å². The molecule has 0 spiro atoms. The Morgan fingerprint density at radius 2 is 1.10 bits per heavy atom. The fourth-order valence-electron chi connectivity index (χ4n) is 9.65.